The van der Waals surface area contributed by atoms with E-state index in [1.807, 2.05) is 42.5 Å². The van der Waals surface area contributed by atoms with Gasteiger partial charge in [0, 0.05) is 22.0 Å². The van der Waals surface area contributed by atoms with Crippen LogP contribution < -0.4 is 10.2 Å². The van der Waals surface area contributed by atoms with Crippen LogP contribution >= 0.6 is 23.4 Å². The Morgan fingerprint density at radius 2 is 2.03 bits per heavy atom. The first-order valence-electron chi connectivity index (χ1n) is 10.4. The van der Waals surface area contributed by atoms with Gasteiger partial charge in [-0.1, -0.05) is 41.4 Å². The molecular formula is C24H25ClN2O2S. The Labute approximate surface area is 186 Å². The molecule has 2 aliphatic rings. The number of carbonyl (C=O) groups is 2. The number of hydrogen-bond donors (Lipinski definition) is 1. The summed E-state index contributed by atoms with van der Waals surface area (Å²) in [4.78, 5) is 28.1. The third-order valence-electron chi connectivity index (χ3n) is 5.57. The minimum Gasteiger partial charge on any atom is -0.352 e. The Hall–Kier alpha value is -2.24. The summed E-state index contributed by atoms with van der Waals surface area (Å²) in [5, 5.41) is 3.66. The first-order valence-corrected chi connectivity index (χ1v) is 11.7. The van der Waals surface area contributed by atoms with Gasteiger partial charge < -0.3 is 10.2 Å². The zero-order valence-corrected chi connectivity index (χ0v) is 18.4. The lowest BCUT2D eigenvalue weighted by molar-refractivity contribution is -0.116. The van der Waals surface area contributed by atoms with Gasteiger partial charge in [0.05, 0.1) is 18.0 Å². The van der Waals surface area contributed by atoms with Gasteiger partial charge in [0.15, 0.2) is 0 Å². The summed E-state index contributed by atoms with van der Waals surface area (Å²) in [6.45, 7) is 1.03. The van der Waals surface area contributed by atoms with E-state index >= 15 is 0 Å². The standard InChI is InChI=1S/C24H25ClN2O2S/c25-20-9-5-4-8-19(20)15-27-21-14-18(10-11-22(21)30-16-23(27)28)24(29)26-13-12-17-6-2-1-3-7-17/h4-6,8-11,14H,1-3,7,12-13,15-16H2,(H,26,29). The fourth-order valence-corrected chi connectivity index (χ4v) is 5.00. The number of nitrogens with one attached hydrogen (secondary N) is 1. The zero-order chi connectivity index (χ0) is 20.9. The molecule has 156 valence electrons. The normalized spacial score (nSPS) is 16.1. The molecule has 2 amide bonds. The molecule has 0 fully saturated rings. The predicted octanol–water partition coefficient (Wildman–Crippen LogP) is 5.60. The van der Waals surface area contributed by atoms with Crippen LogP contribution in [0.25, 0.3) is 0 Å². The van der Waals surface area contributed by atoms with Crippen molar-refractivity contribution in [2.24, 2.45) is 0 Å². The van der Waals surface area contributed by atoms with Crippen LogP contribution in [0.3, 0.4) is 0 Å². The molecule has 0 saturated heterocycles. The number of benzene rings is 2. The largest absolute Gasteiger partial charge is 0.352 e. The average molecular weight is 441 g/mol. The van der Waals surface area contributed by atoms with Crippen molar-refractivity contribution in [3.63, 3.8) is 0 Å². The number of carbonyl (C=O) groups excluding carboxylic acids is 2. The van der Waals surface area contributed by atoms with E-state index in [-0.39, 0.29) is 11.8 Å². The highest BCUT2D eigenvalue weighted by Crippen LogP contribution is 2.37. The summed E-state index contributed by atoms with van der Waals surface area (Å²) in [5.41, 5.74) is 3.69. The Morgan fingerprint density at radius 3 is 2.83 bits per heavy atom. The fraction of sp³-hybridized carbons (Fsp3) is 0.333. The molecule has 1 heterocycles. The number of allylic oxidation sites excluding steroid dienone is 1. The Morgan fingerprint density at radius 1 is 1.17 bits per heavy atom. The number of halogens is 1. The van der Waals surface area contributed by atoms with E-state index in [1.165, 1.54) is 30.2 Å². The number of rotatable bonds is 6. The molecular weight excluding hydrogens is 416 g/mol. The van der Waals surface area contributed by atoms with E-state index in [1.54, 1.807) is 4.90 Å². The van der Waals surface area contributed by atoms with E-state index < -0.39 is 0 Å². The van der Waals surface area contributed by atoms with Crippen LogP contribution in [0.5, 0.6) is 0 Å². The van der Waals surface area contributed by atoms with E-state index in [4.69, 9.17) is 11.6 Å². The molecule has 4 nitrogen and oxygen atoms in total. The second kappa shape index (κ2) is 9.71. The minimum atomic E-state index is -0.102. The molecule has 6 heteroatoms. The number of nitrogens with zero attached hydrogens (tertiary/aromatic N) is 1. The van der Waals surface area contributed by atoms with Crippen molar-refractivity contribution in [3.05, 3.63) is 70.3 Å². The fourth-order valence-electron chi connectivity index (χ4n) is 3.88. The van der Waals surface area contributed by atoms with Gasteiger partial charge in [-0.25, -0.2) is 0 Å². The third kappa shape index (κ3) is 4.90. The summed E-state index contributed by atoms with van der Waals surface area (Å²) >= 11 is 7.82. The second-order valence-electron chi connectivity index (χ2n) is 7.66. The van der Waals surface area contributed by atoms with Gasteiger partial charge in [-0.15, -0.1) is 11.8 Å². The summed E-state index contributed by atoms with van der Waals surface area (Å²) in [6, 6.07) is 13.1. The molecule has 0 bridgehead atoms. The highest BCUT2D eigenvalue weighted by Gasteiger charge is 2.26. The molecule has 1 N–H and O–H groups in total. The van der Waals surface area contributed by atoms with Crippen molar-refractivity contribution in [2.45, 2.75) is 43.5 Å². The van der Waals surface area contributed by atoms with Crippen LogP contribution in [-0.2, 0) is 11.3 Å². The third-order valence-corrected chi connectivity index (χ3v) is 6.98. The molecule has 0 radical (unpaired) electrons. The van der Waals surface area contributed by atoms with Gasteiger partial charge in [-0.2, -0.15) is 0 Å². The van der Waals surface area contributed by atoms with E-state index in [2.05, 4.69) is 11.4 Å². The molecule has 0 saturated carbocycles. The maximum atomic E-state index is 12.7. The number of amides is 2. The minimum absolute atomic E-state index is 0.0224. The van der Waals surface area contributed by atoms with Crippen molar-refractivity contribution < 1.29 is 9.59 Å². The second-order valence-corrected chi connectivity index (χ2v) is 9.08. The van der Waals surface area contributed by atoms with Crippen LogP contribution in [0.4, 0.5) is 5.69 Å². The molecule has 0 atom stereocenters. The highest BCUT2D eigenvalue weighted by molar-refractivity contribution is 8.00. The molecule has 0 unspecified atom stereocenters. The van der Waals surface area contributed by atoms with Gasteiger partial charge in [0.2, 0.25) is 5.91 Å². The lowest BCUT2D eigenvalue weighted by Crippen LogP contribution is -2.35. The number of thioether (sulfide) groups is 1. The topological polar surface area (TPSA) is 49.4 Å². The monoisotopic (exact) mass is 440 g/mol. The van der Waals surface area contributed by atoms with E-state index in [0.717, 1.165) is 35.4 Å². The maximum Gasteiger partial charge on any atom is 0.251 e. The van der Waals surface area contributed by atoms with Gasteiger partial charge >= 0.3 is 0 Å². The lowest BCUT2D eigenvalue weighted by Gasteiger charge is -2.29. The Bertz CT molecular complexity index is 989. The van der Waals surface area contributed by atoms with E-state index in [9.17, 15) is 9.59 Å². The van der Waals surface area contributed by atoms with Crippen molar-refractivity contribution in [1.29, 1.82) is 0 Å². The van der Waals surface area contributed by atoms with Crippen molar-refractivity contribution in [2.75, 3.05) is 17.2 Å². The molecule has 2 aromatic carbocycles. The molecule has 0 spiro atoms. The highest BCUT2D eigenvalue weighted by atomic mass is 35.5. The Balaban J connectivity index is 1.48. The van der Waals surface area contributed by atoms with E-state index in [0.29, 0.717) is 29.4 Å². The van der Waals surface area contributed by atoms with Crippen molar-refractivity contribution in [1.82, 2.24) is 5.32 Å². The molecule has 1 aliphatic heterocycles. The van der Waals surface area contributed by atoms with Gasteiger partial charge in [0.25, 0.3) is 5.91 Å². The summed E-state index contributed by atoms with van der Waals surface area (Å²) in [5.74, 6) is 0.308. The molecule has 2 aromatic rings. The summed E-state index contributed by atoms with van der Waals surface area (Å²) in [7, 11) is 0. The van der Waals surface area contributed by atoms with Crippen LogP contribution in [0.15, 0.2) is 59.0 Å². The molecule has 0 aromatic heterocycles. The van der Waals surface area contributed by atoms with Crippen molar-refractivity contribution >= 4 is 40.9 Å². The van der Waals surface area contributed by atoms with Gasteiger partial charge in [-0.05, 0) is 61.9 Å². The SMILES string of the molecule is O=C(NCCC1=CCCCC1)c1ccc2c(c1)N(Cc1ccccc1Cl)C(=O)CS2. The quantitative estimate of drug-likeness (QED) is 0.595. The first-order chi connectivity index (χ1) is 14.6. The van der Waals surface area contributed by atoms with Crippen molar-refractivity contribution in [3.8, 4) is 0 Å². The van der Waals surface area contributed by atoms with Crippen LogP contribution in [0, 0.1) is 0 Å². The Kier molecular flexibility index (Phi) is 6.80. The average Bonchev–Trinajstić information content (AvgIpc) is 2.77. The number of fused-ring (bicyclic) bond motifs is 1. The molecule has 4 rings (SSSR count). The number of anilines is 1. The zero-order valence-electron chi connectivity index (χ0n) is 16.8. The maximum absolute atomic E-state index is 12.7. The smallest absolute Gasteiger partial charge is 0.251 e. The van der Waals surface area contributed by atoms with Crippen LogP contribution in [0.1, 0.15) is 48.0 Å². The summed E-state index contributed by atoms with van der Waals surface area (Å²) in [6.07, 6.45) is 8.03. The van der Waals surface area contributed by atoms with Crippen LogP contribution in [0.2, 0.25) is 5.02 Å². The first kappa shape index (κ1) is 21.0. The van der Waals surface area contributed by atoms with Crippen LogP contribution in [-0.4, -0.2) is 24.1 Å². The van der Waals surface area contributed by atoms with Gasteiger partial charge in [0.1, 0.15) is 0 Å². The lowest BCUT2D eigenvalue weighted by atomic mass is 9.97. The predicted molar refractivity (Wildman–Crippen MR) is 123 cm³/mol. The molecule has 1 aliphatic carbocycles. The van der Waals surface area contributed by atoms with Gasteiger partial charge in [-0.3, -0.25) is 9.59 Å². The number of hydrogen-bond acceptors (Lipinski definition) is 3. The summed E-state index contributed by atoms with van der Waals surface area (Å²) < 4.78 is 0. The molecule has 30 heavy (non-hydrogen) atoms.